The fourth-order valence-corrected chi connectivity index (χ4v) is 5.33. The number of carbonyl (C=O) groups is 2. The molecule has 234 valence electrons. The third-order valence-corrected chi connectivity index (χ3v) is 7.52. The lowest BCUT2D eigenvalue weighted by atomic mass is 10.00. The third-order valence-electron chi connectivity index (χ3n) is 7.52. The molecule has 1 unspecified atom stereocenters. The zero-order valence-electron chi connectivity index (χ0n) is 26.3. The van der Waals surface area contributed by atoms with Crippen LogP contribution < -0.4 is 4.74 Å². The molecule has 8 nitrogen and oxygen atoms in total. The van der Waals surface area contributed by atoms with Gasteiger partial charge in [-0.3, -0.25) is 0 Å². The number of amides is 1. The number of ether oxygens (including phenoxy) is 5. The average molecular weight is 602 g/mol. The molecule has 0 aromatic heterocycles. The molecule has 1 fully saturated rings. The molecule has 0 aliphatic carbocycles. The summed E-state index contributed by atoms with van der Waals surface area (Å²) in [5.41, 5.74) is 3.78. The molecule has 3 aromatic rings. The summed E-state index contributed by atoms with van der Waals surface area (Å²) >= 11 is 0. The quantitative estimate of drug-likeness (QED) is 0.232. The molecule has 2 atom stereocenters. The van der Waals surface area contributed by atoms with E-state index >= 15 is 0 Å². The van der Waals surface area contributed by atoms with Gasteiger partial charge in [0.1, 0.15) is 23.0 Å². The van der Waals surface area contributed by atoms with E-state index in [1.807, 2.05) is 75.4 Å². The van der Waals surface area contributed by atoms with Gasteiger partial charge < -0.3 is 28.6 Å². The molecule has 0 N–H and O–H groups in total. The van der Waals surface area contributed by atoms with Crippen LogP contribution >= 0.6 is 0 Å². The highest BCUT2D eigenvalue weighted by molar-refractivity contribution is 5.94. The zero-order valence-corrected chi connectivity index (χ0v) is 26.3. The van der Waals surface area contributed by atoms with Crippen molar-refractivity contribution in [3.05, 3.63) is 89.5 Å². The summed E-state index contributed by atoms with van der Waals surface area (Å²) < 4.78 is 29.4. The minimum Gasteiger partial charge on any atom is -0.452 e. The number of fused-ring (bicyclic) bond motifs is 1. The molecule has 3 aromatic carbocycles. The Hall–Kier alpha value is -3.88. The van der Waals surface area contributed by atoms with E-state index in [1.165, 1.54) is 0 Å². The Labute approximate surface area is 260 Å². The van der Waals surface area contributed by atoms with Crippen LogP contribution in [-0.2, 0) is 25.4 Å². The summed E-state index contributed by atoms with van der Waals surface area (Å²) in [7, 11) is 0. The molecule has 2 aliphatic rings. The third kappa shape index (κ3) is 8.39. The first kappa shape index (κ1) is 31.5. The van der Waals surface area contributed by atoms with Crippen LogP contribution in [0, 0.1) is 0 Å². The Balaban J connectivity index is 1.31. The van der Waals surface area contributed by atoms with Gasteiger partial charge in [-0.2, -0.15) is 0 Å². The summed E-state index contributed by atoms with van der Waals surface area (Å²) in [6, 6.07) is 23.7. The fourth-order valence-electron chi connectivity index (χ4n) is 5.33. The van der Waals surface area contributed by atoms with E-state index in [0.29, 0.717) is 37.4 Å². The van der Waals surface area contributed by atoms with Gasteiger partial charge in [0.15, 0.2) is 6.29 Å². The van der Waals surface area contributed by atoms with Crippen molar-refractivity contribution in [2.45, 2.75) is 84.1 Å². The second-order valence-electron chi connectivity index (χ2n) is 12.8. The van der Waals surface area contributed by atoms with Gasteiger partial charge in [-0.25, -0.2) is 9.59 Å². The first-order valence-corrected chi connectivity index (χ1v) is 15.4. The first-order valence-electron chi connectivity index (χ1n) is 15.4. The van der Waals surface area contributed by atoms with E-state index in [9.17, 15) is 9.59 Å². The number of cyclic esters (lactones) is 1. The largest absolute Gasteiger partial charge is 0.452 e. The topological polar surface area (TPSA) is 83.5 Å². The summed E-state index contributed by atoms with van der Waals surface area (Å²) in [5.74, 6) is -0.894. The zero-order chi connectivity index (χ0) is 31.3. The number of carbonyl (C=O) groups excluding carboxylic acids is 2. The molecule has 0 spiro atoms. The lowest BCUT2D eigenvalue weighted by Crippen LogP contribution is -2.41. The van der Waals surface area contributed by atoms with Gasteiger partial charge in [0, 0.05) is 27.0 Å². The minimum atomic E-state index is -1.01. The van der Waals surface area contributed by atoms with Gasteiger partial charge in [0.2, 0.25) is 5.79 Å². The van der Waals surface area contributed by atoms with Crippen LogP contribution in [0.1, 0.15) is 81.5 Å². The maximum Gasteiger partial charge on any atom is 0.410 e. The molecular formula is C36H43NO7. The first-order chi connectivity index (χ1) is 21.0. The second kappa shape index (κ2) is 13.4. The maximum atomic E-state index is 13.4. The van der Waals surface area contributed by atoms with Crippen LogP contribution in [0.2, 0.25) is 0 Å². The van der Waals surface area contributed by atoms with Crippen molar-refractivity contribution in [3.8, 4) is 16.9 Å². The summed E-state index contributed by atoms with van der Waals surface area (Å²) in [6.45, 7) is 10.5. The molecule has 0 radical (unpaired) electrons. The summed E-state index contributed by atoms with van der Waals surface area (Å²) in [6.07, 6.45) is 2.52. The van der Waals surface area contributed by atoms with Gasteiger partial charge in [0.05, 0.1) is 6.54 Å². The van der Waals surface area contributed by atoms with Crippen molar-refractivity contribution in [1.29, 1.82) is 0 Å². The molecule has 5 rings (SSSR count). The minimum absolute atomic E-state index is 0.298. The Morgan fingerprint density at radius 1 is 0.977 bits per heavy atom. The SMILES string of the molecule is CC(C)(C)OC(=O)N(CCc1ccc(-c2ccc3c(c2)OC(C)(C)OC3=O)cc1)C[C@H](OC1CCCCO1)c1ccccc1. The highest BCUT2D eigenvalue weighted by Gasteiger charge is 2.34. The number of rotatable bonds is 9. The molecule has 1 saturated heterocycles. The van der Waals surface area contributed by atoms with E-state index in [4.69, 9.17) is 23.7 Å². The molecule has 2 heterocycles. The smallest absolute Gasteiger partial charge is 0.410 e. The van der Waals surface area contributed by atoms with Gasteiger partial charge in [-0.1, -0.05) is 60.7 Å². The van der Waals surface area contributed by atoms with E-state index in [0.717, 1.165) is 41.5 Å². The Bertz CT molecular complexity index is 1420. The van der Waals surface area contributed by atoms with Crippen molar-refractivity contribution >= 4 is 12.1 Å². The monoisotopic (exact) mass is 601 g/mol. The maximum absolute atomic E-state index is 13.4. The molecule has 1 amide bonds. The lowest BCUT2D eigenvalue weighted by molar-refractivity contribution is -0.192. The average Bonchev–Trinajstić information content (AvgIpc) is 2.98. The molecular weight excluding hydrogens is 558 g/mol. The standard InChI is InChI=1S/C36H43NO7/c1-35(2,3)44-34(39)37(24-31(27-11-7-6-8-12-27)41-32-13-9-10-22-40-32)21-20-25-14-16-26(17-15-25)28-18-19-29-30(23-28)42-36(4,5)43-33(29)38/h6-8,11-12,14-19,23,31-32H,9-10,13,20-22,24H2,1-5H3/t31-,32?/m0/s1. The normalized spacial score (nSPS) is 18.4. The summed E-state index contributed by atoms with van der Waals surface area (Å²) in [5, 5.41) is 0. The number of esters is 1. The lowest BCUT2D eigenvalue weighted by Gasteiger charge is -2.33. The predicted molar refractivity (Wildman–Crippen MR) is 167 cm³/mol. The van der Waals surface area contributed by atoms with Gasteiger partial charge in [-0.05, 0) is 80.8 Å². The highest BCUT2D eigenvalue weighted by Crippen LogP contribution is 2.35. The van der Waals surface area contributed by atoms with E-state index in [1.54, 1.807) is 24.8 Å². The Morgan fingerprint density at radius 2 is 1.70 bits per heavy atom. The number of hydrogen-bond acceptors (Lipinski definition) is 7. The number of nitrogens with zero attached hydrogens (tertiary/aromatic N) is 1. The van der Waals surface area contributed by atoms with Crippen molar-refractivity contribution in [2.24, 2.45) is 0 Å². The van der Waals surface area contributed by atoms with Crippen molar-refractivity contribution < 1.29 is 33.3 Å². The van der Waals surface area contributed by atoms with Gasteiger partial charge in [-0.15, -0.1) is 0 Å². The number of benzene rings is 3. The molecule has 0 bridgehead atoms. The van der Waals surface area contributed by atoms with E-state index in [-0.39, 0.29) is 24.5 Å². The molecule has 2 aliphatic heterocycles. The van der Waals surface area contributed by atoms with Crippen LogP contribution in [-0.4, -0.2) is 54.3 Å². The molecule has 8 heteroatoms. The number of hydrogen-bond donors (Lipinski definition) is 0. The van der Waals surface area contributed by atoms with E-state index < -0.39 is 11.4 Å². The van der Waals surface area contributed by atoms with Crippen molar-refractivity contribution in [1.82, 2.24) is 4.90 Å². The predicted octanol–water partition coefficient (Wildman–Crippen LogP) is 7.70. The molecule has 0 saturated carbocycles. The second-order valence-corrected chi connectivity index (χ2v) is 12.8. The highest BCUT2D eigenvalue weighted by atomic mass is 16.7. The van der Waals surface area contributed by atoms with Crippen LogP contribution in [0.4, 0.5) is 4.79 Å². The van der Waals surface area contributed by atoms with Crippen LogP contribution in [0.5, 0.6) is 5.75 Å². The van der Waals surface area contributed by atoms with Crippen LogP contribution in [0.15, 0.2) is 72.8 Å². The van der Waals surface area contributed by atoms with E-state index in [2.05, 4.69) is 12.1 Å². The fraction of sp³-hybridized carbons (Fsp3) is 0.444. The van der Waals surface area contributed by atoms with Gasteiger partial charge in [0.25, 0.3) is 0 Å². The van der Waals surface area contributed by atoms with Crippen molar-refractivity contribution in [3.63, 3.8) is 0 Å². The van der Waals surface area contributed by atoms with Crippen molar-refractivity contribution in [2.75, 3.05) is 19.7 Å². The molecule has 44 heavy (non-hydrogen) atoms. The van der Waals surface area contributed by atoms with Gasteiger partial charge >= 0.3 is 12.1 Å². The van der Waals surface area contributed by atoms with Crippen LogP contribution in [0.25, 0.3) is 11.1 Å². The summed E-state index contributed by atoms with van der Waals surface area (Å²) in [4.78, 5) is 27.5. The Kier molecular flexibility index (Phi) is 9.61. The van der Waals surface area contributed by atoms with Crippen LogP contribution in [0.3, 0.4) is 0 Å². The Morgan fingerprint density at radius 3 is 2.39 bits per heavy atom.